The van der Waals surface area contributed by atoms with Crippen LogP contribution in [0.15, 0.2) is 53.4 Å². The number of anilines is 2. The molecule has 2 aromatic carbocycles. The van der Waals surface area contributed by atoms with Gasteiger partial charge in [0.25, 0.3) is 0 Å². The van der Waals surface area contributed by atoms with Gasteiger partial charge in [0, 0.05) is 46.4 Å². The lowest BCUT2D eigenvalue weighted by Crippen LogP contribution is -2.21. The Bertz CT molecular complexity index is 883. The minimum atomic E-state index is 0.805. The summed E-state index contributed by atoms with van der Waals surface area (Å²) in [6, 6.07) is 17.4. The van der Waals surface area contributed by atoms with Gasteiger partial charge in [0.05, 0.1) is 5.69 Å². The smallest absolute Gasteiger partial charge is 0.183 e. The lowest BCUT2D eigenvalue weighted by Gasteiger charge is -2.21. The molecule has 0 radical (unpaired) electrons. The molecule has 0 fully saturated rings. The van der Waals surface area contributed by atoms with Gasteiger partial charge in [0.15, 0.2) is 5.13 Å². The Labute approximate surface area is 163 Å². The summed E-state index contributed by atoms with van der Waals surface area (Å²) in [7, 11) is 0. The van der Waals surface area contributed by atoms with Crippen LogP contribution in [0.2, 0.25) is 0 Å². The molecule has 0 atom stereocenters. The molecule has 0 bridgehead atoms. The first-order valence-electron chi connectivity index (χ1n) is 9.08. The monoisotopic (exact) mass is 381 g/mol. The second kappa shape index (κ2) is 7.72. The Kier molecular flexibility index (Phi) is 5.18. The third kappa shape index (κ3) is 3.46. The van der Waals surface area contributed by atoms with Crippen molar-refractivity contribution in [2.24, 2.45) is 0 Å². The minimum Gasteiger partial charge on any atom is -0.372 e. The number of nitrogens with one attached hydrogen (secondary N) is 1. The Morgan fingerprint density at radius 3 is 2.58 bits per heavy atom. The Hall–Kier alpha value is -1.98. The summed E-state index contributed by atoms with van der Waals surface area (Å²) in [6.45, 7) is 7.27. The highest BCUT2D eigenvalue weighted by atomic mass is 32.2. The van der Waals surface area contributed by atoms with Gasteiger partial charge < -0.3 is 10.2 Å². The van der Waals surface area contributed by atoms with Crippen molar-refractivity contribution in [3.05, 3.63) is 59.0 Å². The van der Waals surface area contributed by atoms with Crippen LogP contribution in [-0.4, -0.2) is 18.1 Å². The highest BCUT2D eigenvalue weighted by Gasteiger charge is 2.20. The summed E-state index contributed by atoms with van der Waals surface area (Å²) < 4.78 is 0. The molecule has 0 spiro atoms. The first-order chi connectivity index (χ1) is 12.8. The molecule has 134 valence electrons. The van der Waals surface area contributed by atoms with E-state index in [4.69, 9.17) is 4.98 Å². The second-order valence-corrected chi connectivity index (χ2v) is 8.37. The zero-order valence-corrected chi connectivity index (χ0v) is 16.8. The van der Waals surface area contributed by atoms with E-state index in [1.54, 1.807) is 11.3 Å². The van der Waals surface area contributed by atoms with Crippen LogP contribution < -0.4 is 10.2 Å². The van der Waals surface area contributed by atoms with Crippen LogP contribution in [0.5, 0.6) is 0 Å². The van der Waals surface area contributed by atoms with Crippen molar-refractivity contribution in [3.8, 4) is 11.3 Å². The SMILES string of the molecule is CCN(CC)c1ccc(CNc2nc3c(s2)CSc2ccccc2-3)cc1. The molecule has 1 aromatic heterocycles. The van der Waals surface area contributed by atoms with Crippen molar-refractivity contribution in [2.75, 3.05) is 23.3 Å². The van der Waals surface area contributed by atoms with E-state index in [-0.39, 0.29) is 0 Å². The molecular weight excluding hydrogens is 358 g/mol. The highest BCUT2D eigenvalue weighted by molar-refractivity contribution is 7.98. The number of fused-ring (bicyclic) bond motifs is 3. The topological polar surface area (TPSA) is 28.2 Å². The summed E-state index contributed by atoms with van der Waals surface area (Å²) in [5, 5.41) is 4.52. The van der Waals surface area contributed by atoms with Gasteiger partial charge in [0.1, 0.15) is 0 Å². The van der Waals surface area contributed by atoms with Gasteiger partial charge in [-0.3, -0.25) is 0 Å². The standard InChI is InChI=1S/C21H23N3S2/c1-3-24(4-2)16-11-9-15(10-12-16)13-22-21-23-20-17-7-5-6-8-18(17)25-14-19(20)26-21/h5-12H,3-4,13-14H2,1-2H3,(H,22,23). The van der Waals surface area contributed by atoms with Crippen LogP contribution >= 0.6 is 23.1 Å². The molecule has 2 heterocycles. The molecule has 3 nitrogen and oxygen atoms in total. The molecule has 4 rings (SSSR count). The average molecular weight is 382 g/mol. The van der Waals surface area contributed by atoms with Crippen LogP contribution in [-0.2, 0) is 12.3 Å². The molecule has 3 aromatic rings. The van der Waals surface area contributed by atoms with E-state index in [0.29, 0.717) is 0 Å². The predicted octanol–water partition coefficient (Wildman–Crippen LogP) is 5.87. The lowest BCUT2D eigenvalue weighted by molar-refractivity contribution is 0.865. The molecular formula is C21H23N3S2. The van der Waals surface area contributed by atoms with Gasteiger partial charge in [-0.1, -0.05) is 30.3 Å². The first kappa shape index (κ1) is 17.4. The quantitative estimate of drug-likeness (QED) is 0.577. The van der Waals surface area contributed by atoms with E-state index < -0.39 is 0 Å². The summed E-state index contributed by atoms with van der Waals surface area (Å²) in [5.74, 6) is 1.02. The maximum Gasteiger partial charge on any atom is 0.183 e. The fourth-order valence-corrected chi connectivity index (χ4v) is 5.36. The van der Waals surface area contributed by atoms with Crippen molar-refractivity contribution < 1.29 is 0 Å². The van der Waals surface area contributed by atoms with Gasteiger partial charge >= 0.3 is 0 Å². The predicted molar refractivity (Wildman–Crippen MR) is 114 cm³/mol. The number of thioether (sulfide) groups is 1. The van der Waals surface area contributed by atoms with Gasteiger partial charge in [-0.25, -0.2) is 4.98 Å². The van der Waals surface area contributed by atoms with E-state index >= 15 is 0 Å². The van der Waals surface area contributed by atoms with Crippen molar-refractivity contribution in [3.63, 3.8) is 0 Å². The van der Waals surface area contributed by atoms with Crippen LogP contribution in [0.4, 0.5) is 10.8 Å². The number of hydrogen-bond donors (Lipinski definition) is 1. The molecule has 0 unspecified atom stereocenters. The highest BCUT2D eigenvalue weighted by Crippen LogP contribution is 2.44. The van der Waals surface area contributed by atoms with Crippen molar-refractivity contribution in [1.29, 1.82) is 0 Å². The summed E-state index contributed by atoms with van der Waals surface area (Å²) in [5.41, 5.74) is 5.00. The number of benzene rings is 2. The summed E-state index contributed by atoms with van der Waals surface area (Å²) >= 11 is 3.69. The van der Waals surface area contributed by atoms with E-state index in [2.05, 4.69) is 72.6 Å². The third-order valence-electron chi connectivity index (χ3n) is 4.71. The van der Waals surface area contributed by atoms with E-state index in [0.717, 1.165) is 36.2 Å². The maximum absolute atomic E-state index is 4.87. The molecule has 0 aliphatic carbocycles. The molecule has 0 saturated carbocycles. The number of hydrogen-bond acceptors (Lipinski definition) is 5. The van der Waals surface area contributed by atoms with E-state index in [9.17, 15) is 0 Å². The van der Waals surface area contributed by atoms with Gasteiger partial charge in [-0.15, -0.1) is 23.1 Å². The number of thiazole rings is 1. The molecule has 0 saturated heterocycles. The van der Waals surface area contributed by atoms with Crippen molar-refractivity contribution in [2.45, 2.75) is 31.0 Å². The molecule has 1 aliphatic heterocycles. The van der Waals surface area contributed by atoms with E-state index in [1.165, 1.54) is 26.6 Å². The Morgan fingerprint density at radius 1 is 1.04 bits per heavy atom. The van der Waals surface area contributed by atoms with Gasteiger partial charge in [0.2, 0.25) is 0 Å². The van der Waals surface area contributed by atoms with E-state index in [1.807, 2.05) is 11.8 Å². The minimum absolute atomic E-state index is 0.805. The molecule has 5 heteroatoms. The fraction of sp³-hybridized carbons (Fsp3) is 0.286. The number of nitrogens with zero attached hydrogens (tertiary/aromatic N) is 2. The molecule has 26 heavy (non-hydrogen) atoms. The zero-order valence-electron chi connectivity index (χ0n) is 15.2. The first-order valence-corrected chi connectivity index (χ1v) is 10.9. The molecule has 1 aliphatic rings. The largest absolute Gasteiger partial charge is 0.372 e. The average Bonchev–Trinajstić information content (AvgIpc) is 3.12. The van der Waals surface area contributed by atoms with Crippen LogP contribution in [0.25, 0.3) is 11.3 Å². The molecule has 0 amide bonds. The van der Waals surface area contributed by atoms with Crippen molar-refractivity contribution >= 4 is 33.9 Å². The Balaban J connectivity index is 1.46. The summed E-state index contributed by atoms with van der Waals surface area (Å²) in [6.07, 6.45) is 0. The maximum atomic E-state index is 4.87. The Morgan fingerprint density at radius 2 is 1.81 bits per heavy atom. The number of aromatic nitrogens is 1. The normalized spacial score (nSPS) is 12.4. The third-order valence-corrected chi connectivity index (χ3v) is 7.00. The lowest BCUT2D eigenvalue weighted by atomic mass is 10.1. The zero-order chi connectivity index (χ0) is 17.9. The number of rotatable bonds is 6. The summed E-state index contributed by atoms with van der Waals surface area (Å²) in [4.78, 5) is 9.93. The van der Waals surface area contributed by atoms with Crippen molar-refractivity contribution in [1.82, 2.24) is 4.98 Å². The van der Waals surface area contributed by atoms with Crippen LogP contribution in [0.1, 0.15) is 24.3 Å². The van der Waals surface area contributed by atoms with Crippen LogP contribution in [0.3, 0.4) is 0 Å². The molecule has 1 N–H and O–H groups in total. The second-order valence-electron chi connectivity index (χ2n) is 6.27. The van der Waals surface area contributed by atoms with Gasteiger partial charge in [-0.05, 0) is 37.6 Å². The fourth-order valence-electron chi connectivity index (χ4n) is 3.26. The van der Waals surface area contributed by atoms with Crippen LogP contribution in [0, 0.1) is 0 Å². The van der Waals surface area contributed by atoms with Gasteiger partial charge in [-0.2, -0.15) is 0 Å².